The molecule has 2 heterocycles. The third-order valence-electron chi connectivity index (χ3n) is 1.71. The van der Waals surface area contributed by atoms with Crippen LogP contribution in [-0.4, -0.2) is 26.1 Å². The lowest BCUT2D eigenvalue weighted by molar-refractivity contribution is 0.101. The molecule has 0 radical (unpaired) electrons. The van der Waals surface area contributed by atoms with Crippen LogP contribution in [0.2, 0.25) is 0 Å². The summed E-state index contributed by atoms with van der Waals surface area (Å²) < 4.78 is 0. The minimum absolute atomic E-state index is 0.109. The maximum Gasteiger partial charge on any atom is 0.296 e. The Hall–Kier alpha value is -2.24. The van der Waals surface area contributed by atoms with Crippen molar-refractivity contribution in [2.75, 3.05) is 5.32 Å². The quantitative estimate of drug-likeness (QED) is 0.754. The first-order chi connectivity index (χ1) is 7.25. The summed E-state index contributed by atoms with van der Waals surface area (Å²) in [4.78, 5) is 19.4. The number of carbonyl (C=O) groups is 1. The van der Waals surface area contributed by atoms with Crippen LogP contribution in [0.1, 0.15) is 16.4 Å². The Bertz CT molecular complexity index is 464. The van der Waals surface area contributed by atoms with Crippen molar-refractivity contribution in [3.8, 4) is 0 Å². The Morgan fingerprint density at radius 3 is 2.93 bits per heavy atom. The molecule has 76 valence electrons. The number of nitrogens with zero attached hydrogens (tertiary/aromatic N) is 3. The molecule has 0 aromatic carbocycles. The standard InChI is InChI=1S/C9H9N5O/c1-6-11-8(14-13-6)9(15)12-7-4-2-3-5-10-7/h2-5H,1H3,(H,10,12,15)(H,11,13,14). The van der Waals surface area contributed by atoms with Crippen molar-refractivity contribution in [3.63, 3.8) is 0 Å². The van der Waals surface area contributed by atoms with E-state index in [1.165, 1.54) is 0 Å². The molecular formula is C9H9N5O. The van der Waals surface area contributed by atoms with Crippen LogP contribution in [0, 0.1) is 6.92 Å². The minimum Gasteiger partial charge on any atom is -0.304 e. The first-order valence-electron chi connectivity index (χ1n) is 4.37. The average molecular weight is 203 g/mol. The lowest BCUT2D eigenvalue weighted by Gasteiger charge is -1.99. The summed E-state index contributed by atoms with van der Waals surface area (Å²) in [7, 11) is 0. The van der Waals surface area contributed by atoms with Gasteiger partial charge in [0, 0.05) is 6.20 Å². The van der Waals surface area contributed by atoms with Crippen LogP contribution in [0.3, 0.4) is 0 Å². The van der Waals surface area contributed by atoms with Crippen molar-refractivity contribution in [1.82, 2.24) is 20.2 Å². The van der Waals surface area contributed by atoms with E-state index in [1.807, 2.05) is 0 Å². The monoisotopic (exact) mass is 203 g/mol. The van der Waals surface area contributed by atoms with Crippen LogP contribution in [0.15, 0.2) is 24.4 Å². The summed E-state index contributed by atoms with van der Waals surface area (Å²) in [6.07, 6.45) is 1.60. The first kappa shape index (κ1) is 9.32. The van der Waals surface area contributed by atoms with Crippen molar-refractivity contribution in [2.24, 2.45) is 0 Å². The second kappa shape index (κ2) is 3.87. The van der Waals surface area contributed by atoms with E-state index in [-0.39, 0.29) is 11.7 Å². The predicted molar refractivity (Wildman–Crippen MR) is 53.3 cm³/mol. The van der Waals surface area contributed by atoms with Crippen LogP contribution in [-0.2, 0) is 0 Å². The van der Waals surface area contributed by atoms with Crippen molar-refractivity contribution in [3.05, 3.63) is 36.0 Å². The molecule has 0 atom stereocenters. The number of hydrogen-bond donors (Lipinski definition) is 2. The molecule has 0 saturated heterocycles. The number of amides is 1. The second-order valence-corrected chi connectivity index (χ2v) is 2.91. The van der Waals surface area contributed by atoms with Crippen LogP contribution in [0.4, 0.5) is 5.82 Å². The zero-order chi connectivity index (χ0) is 10.7. The number of aryl methyl sites for hydroxylation is 1. The molecule has 6 nitrogen and oxygen atoms in total. The molecule has 0 saturated carbocycles. The Morgan fingerprint density at radius 1 is 1.47 bits per heavy atom. The van der Waals surface area contributed by atoms with E-state index in [4.69, 9.17) is 0 Å². The third-order valence-corrected chi connectivity index (χ3v) is 1.71. The van der Waals surface area contributed by atoms with Gasteiger partial charge in [0.05, 0.1) is 0 Å². The van der Waals surface area contributed by atoms with E-state index < -0.39 is 0 Å². The fourth-order valence-electron chi connectivity index (χ4n) is 1.05. The van der Waals surface area contributed by atoms with Gasteiger partial charge in [-0.05, 0) is 19.1 Å². The normalized spacial score (nSPS) is 9.93. The summed E-state index contributed by atoms with van der Waals surface area (Å²) >= 11 is 0. The highest BCUT2D eigenvalue weighted by atomic mass is 16.2. The molecule has 0 bridgehead atoms. The highest BCUT2D eigenvalue weighted by Gasteiger charge is 2.11. The number of anilines is 1. The number of aromatic amines is 1. The molecule has 2 rings (SSSR count). The van der Waals surface area contributed by atoms with Gasteiger partial charge in [-0.25, -0.2) is 9.97 Å². The van der Waals surface area contributed by atoms with Crippen molar-refractivity contribution in [1.29, 1.82) is 0 Å². The Labute approximate surface area is 85.8 Å². The Morgan fingerprint density at radius 2 is 2.33 bits per heavy atom. The van der Waals surface area contributed by atoms with Crippen LogP contribution in [0.25, 0.3) is 0 Å². The van der Waals surface area contributed by atoms with Gasteiger partial charge in [-0.3, -0.25) is 9.89 Å². The van der Waals surface area contributed by atoms with E-state index in [2.05, 4.69) is 25.5 Å². The number of aromatic nitrogens is 4. The van der Waals surface area contributed by atoms with Gasteiger partial charge in [-0.15, -0.1) is 5.10 Å². The summed E-state index contributed by atoms with van der Waals surface area (Å²) in [5, 5.41) is 8.91. The Kier molecular flexibility index (Phi) is 2.40. The number of hydrogen-bond acceptors (Lipinski definition) is 4. The fraction of sp³-hybridized carbons (Fsp3) is 0.111. The molecule has 0 unspecified atom stereocenters. The summed E-state index contributed by atoms with van der Waals surface area (Å²) in [6, 6.07) is 5.25. The molecule has 2 aromatic heterocycles. The van der Waals surface area contributed by atoms with Gasteiger partial charge in [0.15, 0.2) is 0 Å². The third kappa shape index (κ3) is 2.16. The van der Waals surface area contributed by atoms with E-state index in [0.717, 1.165) is 0 Å². The first-order valence-corrected chi connectivity index (χ1v) is 4.37. The van der Waals surface area contributed by atoms with Gasteiger partial charge < -0.3 is 5.32 Å². The zero-order valence-corrected chi connectivity index (χ0v) is 8.06. The molecule has 15 heavy (non-hydrogen) atoms. The summed E-state index contributed by atoms with van der Waals surface area (Å²) in [5.41, 5.74) is 0. The van der Waals surface area contributed by atoms with Crippen LogP contribution >= 0.6 is 0 Å². The number of nitrogens with one attached hydrogen (secondary N) is 2. The lowest BCUT2D eigenvalue weighted by Crippen LogP contribution is -2.14. The van der Waals surface area contributed by atoms with Gasteiger partial charge >= 0.3 is 0 Å². The number of carbonyl (C=O) groups excluding carboxylic acids is 1. The van der Waals surface area contributed by atoms with Gasteiger partial charge in [-0.1, -0.05) is 6.07 Å². The predicted octanol–water partition coefficient (Wildman–Crippen LogP) is 0.760. The molecule has 2 aromatic rings. The number of rotatable bonds is 2. The SMILES string of the molecule is Cc1nc(C(=O)Nc2ccccn2)n[nH]1. The highest BCUT2D eigenvalue weighted by molar-refractivity contribution is 6.00. The zero-order valence-electron chi connectivity index (χ0n) is 8.06. The molecule has 0 spiro atoms. The molecule has 0 aliphatic carbocycles. The van der Waals surface area contributed by atoms with Crippen molar-refractivity contribution < 1.29 is 4.79 Å². The number of pyridine rings is 1. The molecule has 1 amide bonds. The maximum absolute atomic E-state index is 11.5. The molecule has 0 fully saturated rings. The summed E-state index contributed by atoms with van der Waals surface area (Å²) in [6.45, 7) is 1.73. The van der Waals surface area contributed by atoms with Gasteiger partial charge in [-0.2, -0.15) is 0 Å². The van der Waals surface area contributed by atoms with Crippen LogP contribution < -0.4 is 5.32 Å². The number of H-pyrrole nitrogens is 1. The lowest BCUT2D eigenvalue weighted by atomic mass is 10.4. The van der Waals surface area contributed by atoms with E-state index in [9.17, 15) is 4.79 Å². The highest BCUT2D eigenvalue weighted by Crippen LogP contribution is 2.01. The maximum atomic E-state index is 11.5. The topological polar surface area (TPSA) is 83.6 Å². The van der Waals surface area contributed by atoms with Gasteiger partial charge in [0.1, 0.15) is 11.6 Å². The van der Waals surface area contributed by atoms with Crippen molar-refractivity contribution >= 4 is 11.7 Å². The minimum atomic E-state index is -0.377. The second-order valence-electron chi connectivity index (χ2n) is 2.91. The molecule has 2 N–H and O–H groups in total. The fourth-order valence-corrected chi connectivity index (χ4v) is 1.05. The Balaban J connectivity index is 2.11. The largest absolute Gasteiger partial charge is 0.304 e. The van der Waals surface area contributed by atoms with Gasteiger partial charge in [0.25, 0.3) is 5.91 Å². The summed E-state index contributed by atoms with van der Waals surface area (Å²) in [5.74, 6) is 0.808. The van der Waals surface area contributed by atoms with E-state index in [0.29, 0.717) is 11.6 Å². The van der Waals surface area contributed by atoms with Crippen LogP contribution in [0.5, 0.6) is 0 Å². The average Bonchev–Trinajstić information content (AvgIpc) is 2.66. The molecule has 0 aliphatic rings. The van der Waals surface area contributed by atoms with Gasteiger partial charge in [0.2, 0.25) is 5.82 Å². The molecule has 6 heteroatoms. The molecule has 0 aliphatic heterocycles. The van der Waals surface area contributed by atoms with Crippen molar-refractivity contribution in [2.45, 2.75) is 6.92 Å². The van der Waals surface area contributed by atoms with E-state index in [1.54, 1.807) is 31.3 Å². The smallest absolute Gasteiger partial charge is 0.296 e. The molecular weight excluding hydrogens is 194 g/mol. The van der Waals surface area contributed by atoms with E-state index >= 15 is 0 Å².